The lowest BCUT2D eigenvalue weighted by Crippen LogP contribution is -2.45. The lowest BCUT2D eigenvalue weighted by atomic mass is 9.97. The second-order valence-electron chi connectivity index (χ2n) is 5.08. The van der Waals surface area contributed by atoms with Crippen molar-refractivity contribution in [3.63, 3.8) is 0 Å². The van der Waals surface area contributed by atoms with Crippen molar-refractivity contribution in [2.24, 2.45) is 11.7 Å². The highest BCUT2D eigenvalue weighted by Gasteiger charge is 2.26. The van der Waals surface area contributed by atoms with E-state index in [0.29, 0.717) is 13.1 Å². The molecule has 1 aliphatic rings. The molecular weight excluding hydrogens is 256 g/mol. The number of hydrogen-bond acceptors (Lipinski definition) is 4. The number of carbonyl (C=O) groups is 2. The smallest absolute Gasteiger partial charge is 0.231 e. The van der Waals surface area contributed by atoms with E-state index < -0.39 is 0 Å². The molecular formula is C14H20N4O2. The number of likely N-dealkylation sites (tertiary alicyclic amines) is 1. The summed E-state index contributed by atoms with van der Waals surface area (Å²) in [5.41, 5.74) is 6.03. The molecule has 1 saturated heterocycles. The average molecular weight is 276 g/mol. The van der Waals surface area contributed by atoms with Gasteiger partial charge in [0.05, 0.1) is 24.7 Å². The molecule has 0 unspecified atom stereocenters. The fraction of sp³-hybridized carbons (Fsp3) is 0.500. The summed E-state index contributed by atoms with van der Waals surface area (Å²) in [6.07, 6.45) is 3.47. The Hall–Kier alpha value is -1.95. The van der Waals surface area contributed by atoms with Gasteiger partial charge in [-0.3, -0.25) is 19.5 Å². The van der Waals surface area contributed by atoms with Gasteiger partial charge in [-0.05, 0) is 31.5 Å². The zero-order valence-corrected chi connectivity index (χ0v) is 11.4. The molecule has 3 N–H and O–H groups in total. The molecule has 20 heavy (non-hydrogen) atoms. The zero-order chi connectivity index (χ0) is 14.4. The molecule has 2 amide bonds. The van der Waals surface area contributed by atoms with Crippen LogP contribution in [0.5, 0.6) is 0 Å². The number of nitrogens with one attached hydrogen (secondary N) is 1. The van der Waals surface area contributed by atoms with E-state index in [1.165, 1.54) is 0 Å². The van der Waals surface area contributed by atoms with Crippen molar-refractivity contribution in [3.8, 4) is 0 Å². The maximum absolute atomic E-state index is 12.1. The lowest BCUT2D eigenvalue weighted by molar-refractivity contribution is -0.128. The van der Waals surface area contributed by atoms with Crippen LogP contribution in [-0.4, -0.2) is 41.3 Å². The van der Waals surface area contributed by atoms with Gasteiger partial charge in [0.2, 0.25) is 11.8 Å². The third-order valence-electron chi connectivity index (χ3n) is 3.43. The Labute approximate surface area is 118 Å². The largest absolute Gasteiger partial charge is 0.369 e. The standard InChI is InChI=1S/C14H20N4O2/c15-13(19)10-18-7-3-4-11(9-18)14(20)17-8-12-5-1-2-6-16-12/h1-2,5-6,11H,3-4,7-10H2,(H2,15,19)(H,17,20)/t11-/m0/s1. The van der Waals surface area contributed by atoms with E-state index >= 15 is 0 Å². The second-order valence-corrected chi connectivity index (χ2v) is 5.08. The van der Waals surface area contributed by atoms with Crippen molar-refractivity contribution in [2.75, 3.05) is 19.6 Å². The molecule has 1 fully saturated rings. The number of nitrogens with zero attached hydrogens (tertiary/aromatic N) is 2. The first kappa shape index (κ1) is 14.5. The van der Waals surface area contributed by atoms with Crippen LogP contribution in [0.1, 0.15) is 18.5 Å². The van der Waals surface area contributed by atoms with E-state index in [2.05, 4.69) is 10.3 Å². The van der Waals surface area contributed by atoms with Crippen molar-refractivity contribution in [1.82, 2.24) is 15.2 Å². The molecule has 1 aromatic rings. The van der Waals surface area contributed by atoms with Gasteiger partial charge in [-0.1, -0.05) is 6.07 Å². The average Bonchev–Trinajstić information content (AvgIpc) is 2.45. The van der Waals surface area contributed by atoms with E-state index in [1.54, 1.807) is 6.20 Å². The Bertz CT molecular complexity index is 464. The molecule has 0 saturated carbocycles. The maximum atomic E-state index is 12.1. The van der Waals surface area contributed by atoms with Gasteiger partial charge in [0.15, 0.2) is 0 Å². The highest BCUT2D eigenvalue weighted by atomic mass is 16.2. The predicted molar refractivity (Wildman–Crippen MR) is 74.4 cm³/mol. The number of nitrogens with two attached hydrogens (primary N) is 1. The number of aromatic nitrogens is 1. The van der Waals surface area contributed by atoms with E-state index in [4.69, 9.17) is 5.73 Å². The van der Waals surface area contributed by atoms with Gasteiger partial charge in [0.25, 0.3) is 0 Å². The molecule has 6 nitrogen and oxygen atoms in total. The van der Waals surface area contributed by atoms with Crippen molar-refractivity contribution in [3.05, 3.63) is 30.1 Å². The quantitative estimate of drug-likeness (QED) is 0.785. The van der Waals surface area contributed by atoms with Crippen LogP contribution in [0.25, 0.3) is 0 Å². The Morgan fingerprint density at radius 1 is 1.45 bits per heavy atom. The van der Waals surface area contributed by atoms with E-state index in [0.717, 1.165) is 25.1 Å². The minimum atomic E-state index is -0.348. The summed E-state index contributed by atoms with van der Waals surface area (Å²) >= 11 is 0. The Kier molecular flexibility index (Phi) is 5.06. The van der Waals surface area contributed by atoms with Crippen LogP contribution < -0.4 is 11.1 Å². The summed E-state index contributed by atoms with van der Waals surface area (Å²) in [5, 5.41) is 2.90. The number of hydrogen-bond donors (Lipinski definition) is 2. The van der Waals surface area contributed by atoms with Gasteiger partial charge in [0, 0.05) is 12.7 Å². The van der Waals surface area contributed by atoms with Crippen molar-refractivity contribution >= 4 is 11.8 Å². The molecule has 108 valence electrons. The first-order valence-corrected chi connectivity index (χ1v) is 6.83. The molecule has 1 atom stereocenters. The monoisotopic (exact) mass is 276 g/mol. The number of piperidine rings is 1. The number of pyridine rings is 1. The summed E-state index contributed by atoms with van der Waals surface area (Å²) in [6, 6.07) is 5.61. The summed E-state index contributed by atoms with van der Waals surface area (Å²) < 4.78 is 0. The highest BCUT2D eigenvalue weighted by Crippen LogP contribution is 2.16. The molecule has 0 aromatic carbocycles. The Balaban J connectivity index is 1.81. The number of primary amides is 1. The lowest BCUT2D eigenvalue weighted by Gasteiger charge is -2.30. The highest BCUT2D eigenvalue weighted by molar-refractivity contribution is 5.79. The Morgan fingerprint density at radius 3 is 3.00 bits per heavy atom. The van der Waals surface area contributed by atoms with Gasteiger partial charge in [-0.25, -0.2) is 0 Å². The summed E-state index contributed by atoms with van der Waals surface area (Å²) in [4.78, 5) is 29.2. The van der Waals surface area contributed by atoms with E-state index in [1.807, 2.05) is 23.1 Å². The first-order chi connectivity index (χ1) is 9.65. The SMILES string of the molecule is NC(=O)CN1CCC[C@H](C(=O)NCc2ccccn2)C1. The third-order valence-corrected chi connectivity index (χ3v) is 3.43. The van der Waals surface area contributed by atoms with Gasteiger partial charge in [0.1, 0.15) is 0 Å². The van der Waals surface area contributed by atoms with Gasteiger partial charge in [-0.2, -0.15) is 0 Å². The van der Waals surface area contributed by atoms with Crippen LogP contribution in [0.4, 0.5) is 0 Å². The van der Waals surface area contributed by atoms with Crippen LogP contribution in [0.2, 0.25) is 0 Å². The minimum absolute atomic E-state index is 0.0184. The van der Waals surface area contributed by atoms with Crippen LogP contribution in [0, 0.1) is 5.92 Å². The molecule has 1 aromatic heterocycles. The second kappa shape index (κ2) is 7.00. The molecule has 1 aliphatic heterocycles. The van der Waals surface area contributed by atoms with E-state index in [9.17, 15) is 9.59 Å². The van der Waals surface area contributed by atoms with Crippen LogP contribution >= 0.6 is 0 Å². The molecule has 6 heteroatoms. The molecule has 2 heterocycles. The maximum Gasteiger partial charge on any atom is 0.231 e. The zero-order valence-electron chi connectivity index (χ0n) is 11.4. The van der Waals surface area contributed by atoms with Crippen molar-refractivity contribution in [2.45, 2.75) is 19.4 Å². The third kappa shape index (κ3) is 4.31. The molecule has 0 aliphatic carbocycles. The normalized spacial score (nSPS) is 19.5. The van der Waals surface area contributed by atoms with E-state index in [-0.39, 0.29) is 24.3 Å². The van der Waals surface area contributed by atoms with Crippen LogP contribution in [0.15, 0.2) is 24.4 Å². The molecule has 0 spiro atoms. The fourth-order valence-corrected chi connectivity index (χ4v) is 2.46. The molecule has 2 rings (SSSR count). The van der Waals surface area contributed by atoms with Crippen LogP contribution in [-0.2, 0) is 16.1 Å². The van der Waals surface area contributed by atoms with Crippen molar-refractivity contribution < 1.29 is 9.59 Å². The minimum Gasteiger partial charge on any atom is -0.369 e. The summed E-state index contributed by atoms with van der Waals surface area (Å²) in [7, 11) is 0. The number of rotatable bonds is 5. The molecule has 0 bridgehead atoms. The van der Waals surface area contributed by atoms with Gasteiger partial charge < -0.3 is 11.1 Å². The topological polar surface area (TPSA) is 88.3 Å². The van der Waals surface area contributed by atoms with Crippen LogP contribution in [0.3, 0.4) is 0 Å². The summed E-state index contributed by atoms with van der Waals surface area (Å²) in [5.74, 6) is -0.406. The predicted octanol–water partition coefficient (Wildman–Crippen LogP) is -0.105. The first-order valence-electron chi connectivity index (χ1n) is 6.83. The number of amides is 2. The fourth-order valence-electron chi connectivity index (χ4n) is 2.46. The van der Waals surface area contributed by atoms with Gasteiger partial charge in [-0.15, -0.1) is 0 Å². The van der Waals surface area contributed by atoms with Crippen molar-refractivity contribution in [1.29, 1.82) is 0 Å². The Morgan fingerprint density at radius 2 is 2.30 bits per heavy atom. The molecule has 0 radical (unpaired) electrons. The van der Waals surface area contributed by atoms with Gasteiger partial charge >= 0.3 is 0 Å². The summed E-state index contributed by atoms with van der Waals surface area (Å²) in [6.45, 7) is 2.08. The number of carbonyl (C=O) groups excluding carboxylic acids is 2.